The third-order valence-corrected chi connectivity index (χ3v) is 6.77. The maximum atomic E-state index is 12.4. The first-order valence-electron chi connectivity index (χ1n) is 9.96. The van der Waals surface area contributed by atoms with Crippen molar-refractivity contribution < 1.29 is 17.8 Å². The largest absolute Gasteiger partial charge is 0.360 e. The zero-order chi connectivity index (χ0) is 24.3. The number of nitrogens with one attached hydrogen (secondary N) is 2. The van der Waals surface area contributed by atoms with Crippen LogP contribution < -0.4 is 10.6 Å². The van der Waals surface area contributed by atoms with Gasteiger partial charge in [-0.3, -0.25) is 9.35 Å². The van der Waals surface area contributed by atoms with E-state index in [-0.39, 0.29) is 16.2 Å². The summed E-state index contributed by atoms with van der Waals surface area (Å²) in [4.78, 5) is 16.7. The molecule has 3 aromatic carbocycles. The fourth-order valence-corrected chi connectivity index (χ4v) is 4.63. The van der Waals surface area contributed by atoms with Crippen molar-refractivity contribution in [3.05, 3.63) is 84.1 Å². The van der Waals surface area contributed by atoms with Crippen molar-refractivity contribution in [2.75, 3.05) is 10.6 Å². The normalized spacial score (nSPS) is 11.7. The highest BCUT2D eigenvalue weighted by molar-refractivity contribution is 7.85. The molecule has 0 saturated carbocycles. The maximum Gasteiger partial charge on any atom is 0.294 e. The number of thiazole rings is 1. The van der Waals surface area contributed by atoms with Gasteiger partial charge in [0.25, 0.3) is 16.0 Å². The van der Waals surface area contributed by atoms with E-state index in [2.05, 4.69) is 21.7 Å². The third-order valence-electron chi connectivity index (χ3n) is 4.83. The highest BCUT2D eigenvalue weighted by Crippen LogP contribution is 2.31. The van der Waals surface area contributed by atoms with Crippen molar-refractivity contribution in [3.63, 3.8) is 0 Å². The zero-order valence-corrected chi connectivity index (χ0v) is 19.4. The first-order chi connectivity index (χ1) is 16.2. The Kier molecular flexibility index (Phi) is 6.43. The van der Waals surface area contributed by atoms with E-state index >= 15 is 0 Å². The molecule has 34 heavy (non-hydrogen) atoms. The molecule has 10 heteroatoms. The molecule has 0 fully saturated rings. The predicted octanol–water partition coefficient (Wildman–Crippen LogP) is 4.98. The Morgan fingerprint density at radius 1 is 1.06 bits per heavy atom. The minimum absolute atomic E-state index is 0.176. The lowest BCUT2D eigenvalue weighted by atomic mass is 10.2. The van der Waals surface area contributed by atoms with E-state index in [1.165, 1.54) is 23.9 Å². The molecule has 0 aliphatic heterocycles. The SMILES string of the molecule is Cc1ccc2nc(-c3ccc(N/C=C(/C#N)C(=O)Nc4ccc(S(=O)(=O)O)cc4)cc3)sc2c1. The first kappa shape index (κ1) is 23.1. The van der Waals surface area contributed by atoms with Crippen molar-refractivity contribution in [1.29, 1.82) is 5.26 Å². The van der Waals surface area contributed by atoms with Crippen LogP contribution in [-0.2, 0) is 14.9 Å². The van der Waals surface area contributed by atoms with Crippen LogP contribution in [0.15, 0.2) is 83.4 Å². The summed E-state index contributed by atoms with van der Waals surface area (Å²) in [6, 6.07) is 20.3. The van der Waals surface area contributed by atoms with Gasteiger partial charge in [0.15, 0.2) is 0 Å². The van der Waals surface area contributed by atoms with E-state index in [0.717, 1.165) is 32.9 Å². The summed E-state index contributed by atoms with van der Waals surface area (Å²) in [5.41, 5.74) is 3.87. The predicted molar refractivity (Wildman–Crippen MR) is 132 cm³/mol. The number of benzene rings is 3. The second kappa shape index (κ2) is 9.44. The maximum absolute atomic E-state index is 12.4. The van der Waals surface area contributed by atoms with Crippen LogP contribution in [-0.4, -0.2) is 23.9 Å². The minimum Gasteiger partial charge on any atom is -0.360 e. The standard InChI is InChI=1S/C24H18N4O4S2/c1-15-2-11-21-22(12-15)33-24(28-21)16-3-5-18(6-4-16)26-14-17(13-25)23(29)27-19-7-9-20(10-8-19)34(30,31)32/h2-12,14,26H,1H3,(H,27,29)(H,30,31,32)/b17-14-. The number of nitriles is 1. The molecule has 1 amide bonds. The molecule has 0 spiro atoms. The van der Waals surface area contributed by atoms with Crippen molar-refractivity contribution in [2.24, 2.45) is 0 Å². The van der Waals surface area contributed by atoms with Gasteiger partial charge in [0, 0.05) is 23.1 Å². The number of rotatable bonds is 6. The van der Waals surface area contributed by atoms with Gasteiger partial charge in [-0.2, -0.15) is 13.7 Å². The fourth-order valence-electron chi connectivity index (χ4n) is 3.08. The molecular weight excluding hydrogens is 472 g/mol. The van der Waals surface area contributed by atoms with Gasteiger partial charge in [-0.15, -0.1) is 11.3 Å². The summed E-state index contributed by atoms with van der Waals surface area (Å²) in [7, 11) is -4.33. The van der Waals surface area contributed by atoms with Crippen LogP contribution >= 0.6 is 11.3 Å². The molecule has 0 radical (unpaired) electrons. The molecule has 0 atom stereocenters. The molecule has 0 aliphatic carbocycles. The van der Waals surface area contributed by atoms with Gasteiger partial charge in [-0.05, 0) is 73.2 Å². The molecule has 170 valence electrons. The molecule has 0 saturated heterocycles. The summed E-state index contributed by atoms with van der Waals surface area (Å²) < 4.78 is 32.3. The van der Waals surface area contributed by atoms with Gasteiger partial charge >= 0.3 is 0 Å². The Morgan fingerprint density at radius 3 is 2.38 bits per heavy atom. The molecular formula is C24H18N4O4S2. The first-order valence-corrected chi connectivity index (χ1v) is 12.2. The van der Waals surface area contributed by atoms with Crippen molar-refractivity contribution in [1.82, 2.24) is 4.98 Å². The van der Waals surface area contributed by atoms with Crippen molar-refractivity contribution in [3.8, 4) is 16.6 Å². The molecule has 8 nitrogen and oxygen atoms in total. The number of carbonyl (C=O) groups is 1. The average molecular weight is 491 g/mol. The van der Waals surface area contributed by atoms with E-state index in [1.807, 2.05) is 49.4 Å². The van der Waals surface area contributed by atoms with Gasteiger partial charge in [0.05, 0.1) is 15.1 Å². The lowest BCUT2D eigenvalue weighted by Gasteiger charge is -2.06. The van der Waals surface area contributed by atoms with E-state index in [1.54, 1.807) is 11.3 Å². The van der Waals surface area contributed by atoms with Crippen LogP contribution in [0.2, 0.25) is 0 Å². The Hall–Kier alpha value is -4.04. The number of hydrogen-bond acceptors (Lipinski definition) is 7. The molecule has 3 N–H and O–H groups in total. The van der Waals surface area contributed by atoms with Crippen LogP contribution in [0.5, 0.6) is 0 Å². The number of nitrogens with zero attached hydrogens (tertiary/aromatic N) is 2. The van der Waals surface area contributed by atoms with Gasteiger partial charge in [0.2, 0.25) is 0 Å². The molecule has 4 rings (SSSR count). The van der Waals surface area contributed by atoms with E-state index < -0.39 is 16.0 Å². The number of carbonyl (C=O) groups excluding carboxylic acids is 1. The van der Waals surface area contributed by atoms with Gasteiger partial charge in [-0.1, -0.05) is 6.07 Å². The Balaban J connectivity index is 1.43. The highest BCUT2D eigenvalue weighted by atomic mass is 32.2. The Bertz CT molecular complexity index is 1550. The van der Waals surface area contributed by atoms with Gasteiger partial charge in [-0.25, -0.2) is 4.98 Å². The molecule has 0 bridgehead atoms. The molecule has 0 unspecified atom stereocenters. The van der Waals surface area contributed by atoms with Crippen LogP contribution in [0, 0.1) is 18.3 Å². The number of anilines is 2. The summed E-state index contributed by atoms with van der Waals surface area (Å²) in [6.45, 7) is 2.04. The van der Waals surface area contributed by atoms with Crippen LogP contribution in [0.25, 0.3) is 20.8 Å². The second-order valence-electron chi connectivity index (χ2n) is 7.34. The summed E-state index contributed by atoms with van der Waals surface area (Å²) >= 11 is 1.61. The van der Waals surface area contributed by atoms with Crippen LogP contribution in [0.4, 0.5) is 11.4 Å². The van der Waals surface area contributed by atoms with E-state index in [4.69, 9.17) is 4.55 Å². The topological polar surface area (TPSA) is 132 Å². The van der Waals surface area contributed by atoms with Crippen molar-refractivity contribution in [2.45, 2.75) is 11.8 Å². The minimum atomic E-state index is -4.33. The van der Waals surface area contributed by atoms with Crippen molar-refractivity contribution >= 4 is 49.0 Å². The number of aromatic nitrogens is 1. The number of hydrogen-bond donors (Lipinski definition) is 3. The summed E-state index contributed by atoms with van der Waals surface area (Å²) in [5, 5.41) is 15.7. The zero-order valence-electron chi connectivity index (χ0n) is 17.8. The average Bonchev–Trinajstić information content (AvgIpc) is 3.23. The van der Waals surface area contributed by atoms with E-state index in [9.17, 15) is 18.5 Å². The fraction of sp³-hybridized carbons (Fsp3) is 0.0417. The molecule has 1 aromatic heterocycles. The summed E-state index contributed by atoms with van der Waals surface area (Å²) in [6.07, 6.45) is 1.29. The van der Waals surface area contributed by atoms with Crippen LogP contribution in [0.3, 0.4) is 0 Å². The lowest BCUT2D eigenvalue weighted by molar-refractivity contribution is -0.112. The smallest absolute Gasteiger partial charge is 0.294 e. The van der Waals surface area contributed by atoms with Crippen LogP contribution in [0.1, 0.15) is 5.56 Å². The Morgan fingerprint density at radius 2 is 1.74 bits per heavy atom. The second-order valence-corrected chi connectivity index (χ2v) is 9.79. The summed E-state index contributed by atoms with van der Waals surface area (Å²) in [5.74, 6) is -0.670. The number of aryl methyl sites for hydroxylation is 1. The monoisotopic (exact) mass is 490 g/mol. The van der Waals surface area contributed by atoms with Gasteiger partial charge < -0.3 is 10.6 Å². The molecule has 4 aromatic rings. The molecule has 1 heterocycles. The quantitative estimate of drug-likeness (QED) is 0.197. The lowest BCUT2D eigenvalue weighted by Crippen LogP contribution is -2.14. The Labute approximate surface area is 200 Å². The highest BCUT2D eigenvalue weighted by Gasteiger charge is 2.12. The van der Waals surface area contributed by atoms with Gasteiger partial charge in [0.1, 0.15) is 16.6 Å². The number of fused-ring (bicyclic) bond motifs is 1. The van der Waals surface area contributed by atoms with E-state index in [0.29, 0.717) is 5.69 Å². The number of amides is 1. The molecule has 0 aliphatic rings. The third kappa shape index (κ3) is 5.29.